The molecule has 0 spiro atoms. The summed E-state index contributed by atoms with van der Waals surface area (Å²) in [6.45, 7) is 2.10. The Hall–Kier alpha value is -3.92. The summed E-state index contributed by atoms with van der Waals surface area (Å²) in [7, 11) is 0. The van der Waals surface area contributed by atoms with E-state index in [-0.39, 0.29) is 23.9 Å². The molecule has 34 heavy (non-hydrogen) atoms. The van der Waals surface area contributed by atoms with Crippen LogP contribution in [0.15, 0.2) is 76.6 Å². The highest BCUT2D eigenvalue weighted by molar-refractivity contribution is 7.99. The molecule has 0 saturated heterocycles. The average Bonchev–Trinajstić information content (AvgIpc) is 3.47. The van der Waals surface area contributed by atoms with Crippen molar-refractivity contribution in [1.29, 1.82) is 0 Å². The summed E-state index contributed by atoms with van der Waals surface area (Å²) in [5.41, 5.74) is 1.04. The molecule has 2 N–H and O–H groups in total. The number of furan rings is 1. The van der Waals surface area contributed by atoms with Gasteiger partial charge in [-0.3, -0.25) is 14.2 Å². The zero-order chi connectivity index (χ0) is 24.1. The van der Waals surface area contributed by atoms with Crippen molar-refractivity contribution in [3.8, 4) is 5.69 Å². The molecule has 2 aromatic heterocycles. The second-order valence-electron chi connectivity index (χ2n) is 7.29. The third-order valence-electron chi connectivity index (χ3n) is 4.75. The lowest BCUT2D eigenvalue weighted by atomic mass is 10.2. The van der Waals surface area contributed by atoms with Crippen molar-refractivity contribution < 1.29 is 22.8 Å². The van der Waals surface area contributed by atoms with Gasteiger partial charge in [0.25, 0.3) is 5.91 Å². The number of imidazole rings is 1. The number of hydrogen-bond acceptors (Lipinski definition) is 5. The second-order valence-corrected chi connectivity index (χ2v) is 8.23. The molecule has 7 nitrogen and oxygen atoms in total. The summed E-state index contributed by atoms with van der Waals surface area (Å²) in [5, 5.41) is 5.74. The maximum Gasteiger partial charge on any atom is 0.251 e. The van der Waals surface area contributed by atoms with Crippen molar-refractivity contribution in [3.05, 3.63) is 95.7 Å². The number of halogens is 2. The largest absolute Gasteiger partial charge is 0.465 e. The number of nitrogens with one attached hydrogen (secondary N) is 2. The Morgan fingerprint density at radius 2 is 1.97 bits per heavy atom. The highest BCUT2D eigenvalue weighted by Crippen LogP contribution is 2.22. The van der Waals surface area contributed by atoms with Gasteiger partial charge >= 0.3 is 0 Å². The maximum absolute atomic E-state index is 13.7. The zero-order valence-electron chi connectivity index (χ0n) is 18.0. The molecule has 174 valence electrons. The molecule has 2 amide bonds. The van der Waals surface area contributed by atoms with E-state index >= 15 is 0 Å². The molecule has 0 aliphatic rings. The van der Waals surface area contributed by atoms with Crippen molar-refractivity contribution in [2.24, 2.45) is 0 Å². The number of nitrogens with zero attached hydrogens (tertiary/aromatic N) is 2. The molecule has 2 heterocycles. The number of aryl methyl sites for hydroxylation is 1. The number of amides is 2. The number of hydrogen-bond donors (Lipinski definition) is 2. The van der Waals surface area contributed by atoms with Gasteiger partial charge in [-0.25, -0.2) is 13.8 Å². The van der Waals surface area contributed by atoms with Crippen LogP contribution in [0.4, 0.5) is 14.5 Å². The fourth-order valence-corrected chi connectivity index (χ4v) is 3.92. The van der Waals surface area contributed by atoms with Gasteiger partial charge in [0, 0.05) is 29.7 Å². The lowest BCUT2D eigenvalue weighted by Gasteiger charge is -2.10. The Bertz CT molecular complexity index is 1340. The minimum Gasteiger partial charge on any atom is -0.465 e. The summed E-state index contributed by atoms with van der Waals surface area (Å²) >= 11 is 1.14. The van der Waals surface area contributed by atoms with Gasteiger partial charge in [-0.05, 0) is 49.4 Å². The third-order valence-corrected chi connectivity index (χ3v) is 5.72. The van der Waals surface area contributed by atoms with Gasteiger partial charge in [-0.15, -0.1) is 0 Å². The number of carbonyl (C=O) groups is 2. The van der Waals surface area contributed by atoms with Crippen molar-refractivity contribution in [2.45, 2.75) is 18.6 Å². The van der Waals surface area contributed by atoms with Crippen LogP contribution in [0.2, 0.25) is 0 Å². The predicted octanol–water partition coefficient (Wildman–Crippen LogP) is 4.71. The molecule has 0 radical (unpaired) electrons. The summed E-state index contributed by atoms with van der Waals surface area (Å²) in [6, 6.07) is 13.5. The highest BCUT2D eigenvalue weighted by Gasteiger charge is 2.13. The lowest BCUT2D eigenvalue weighted by Crippen LogP contribution is -2.22. The molecule has 0 fully saturated rings. The average molecular weight is 483 g/mol. The Balaban J connectivity index is 1.39. The third kappa shape index (κ3) is 5.70. The molecule has 2 aromatic carbocycles. The Labute approximate surface area is 198 Å². The van der Waals surface area contributed by atoms with Crippen LogP contribution in [0.5, 0.6) is 0 Å². The second kappa shape index (κ2) is 10.3. The van der Waals surface area contributed by atoms with Crippen LogP contribution in [0.3, 0.4) is 0 Å². The quantitative estimate of drug-likeness (QED) is 0.355. The van der Waals surface area contributed by atoms with Crippen LogP contribution in [-0.4, -0.2) is 27.1 Å². The Kier molecular flexibility index (Phi) is 7.07. The number of anilines is 1. The van der Waals surface area contributed by atoms with E-state index in [0.717, 1.165) is 29.7 Å². The first-order valence-electron chi connectivity index (χ1n) is 10.2. The first-order chi connectivity index (χ1) is 16.4. The van der Waals surface area contributed by atoms with Gasteiger partial charge < -0.3 is 15.1 Å². The molecule has 0 aliphatic carbocycles. The number of benzene rings is 2. The topological polar surface area (TPSA) is 89.2 Å². The minimum atomic E-state index is -0.850. The summed E-state index contributed by atoms with van der Waals surface area (Å²) < 4.78 is 34.0. The van der Waals surface area contributed by atoms with Gasteiger partial charge in [0.05, 0.1) is 18.0 Å². The van der Waals surface area contributed by atoms with E-state index in [2.05, 4.69) is 15.6 Å². The van der Waals surface area contributed by atoms with Crippen LogP contribution in [0.1, 0.15) is 21.9 Å². The van der Waals surface area contributed by atoms with Crippen LogP contribution >= 0.6 is 11.8 Å². The molecular weight excluding hydrogens is 462 g/mol. The van der Waals surface area contributed by atoms with Crippen molar-refractivity contribution in [2.75, 3.05) is 11.1 Å². The fraction of sp³-hybridized carbons (Fsp3) is 0.125. The van der Waals surface area contributed by atoms with E-state index in [1.165, 1.54) is 0 Å². The standard InChI is InChI=1S/C24H20F2N4O3S/c1-15-5-7-19(33-15)13-28-23(32)16-3-2-4-18(11-16)30-10-9-27-24(30)34-14-22(31)29-21-8-6-17(25)12-20(21)26/h2-12H,13-14H2,1H3,(H,28,32)(H,29,31). The van der Waals surface area contributed by atoms with Crippen LogP contribution < -0.4 is 10.6 Å². The smallest absolute Gasteiger partial charge is 0.251 e. The van der Waals surface area contributed by atoms with E-state index in [1.54, 1.807) is 35.2 Å². The molecule has 0 unspecified atom stereocenters. The van der Waals surface area contributed by atoms with Crippen LogP contribution in [0, 0.1) is 18.6 Å². The summed E-state index contributed by atoms with van der Waals surface area (Å²) in [6.07, 6.45) is 3.29. The molecule has 4 rings (SSSR count). The van der Waals surface area contributed by atoms with Gasteiger partial charge in [0.1, 0.15) is 23.2 Å². The minimum absolute atomic E-state index is 0.0451. The van der Waals surface area contributed by atoms with Crippen molar-refractivity contribution in [1.82, 2.24) is 14.9 Å². The van der Waals surface area contributed by atoms with E-state index in [4.69, 9.17) is 4.42 Å². The predicted molar refractivity (Wildman–Crippen MR) is 124 cm³/mol. The van der Waals surface area contributed by atoms with Gasteiger partial charge in [-0.2, -0.15) is 0 Å². The van der Waals surface area contributed by atoms with E-state index < -0.39 is 17.5 Å². The van der Waals surface area contributed by atoms with Crippen molar-refractivity contribution in [3.63, 3.8) is 0 Å². The van der Waals surface area contributed by atoms with Gasteiger partial charge in [0.2, 0.25) is 5.91 Å². The molecule has 0 bridgehead atoms. The monoisotopic (exact) mass is 482 g/mol. The van der Waals surface area contributed by atoms with Crippen LogP contribution in [-0.2, 0) is 11.3 Å². The van der Waals surface area contributed by atoms with E-state index in [9.17, 15) is 18.4 Å². The normalized spacial score (nSPS) is 10.8. The lowest BCUT2D eigenvalue weighted by molar-refractivity contribution is -0.113. The molecule has 0 aliphatic heterocycles. The first-order valence-corrected chi connectivity index (χ1v) is 11.2. The van der Waals surface area contributed by atoms with Gasteiger partial charge in [0.15, 0.2) is 5.16 Å². The Morgan fingerprint density at radius 1 is 1.12 bits per heavy atom. The number of aromatic nitrogens is 2. The molecule has 4 aromatic rings. The molecule has 10 heteroatoms. The zero-order valence-corrected chi connectivity index (χ0v) is 18.9. The van der Waals surface area contributed by atoms with E-state index in [0.29, 0.717) is 28.2 Å². The van der Waals surface area contributed by atoms with Crippen LogP contribution in [0.25, 0.3) is 5.69 Å². The Morgan fingerprint density at radius 3 is 2.74 bits per heavy atom. The number of carbonyl (C=O) groups excluding carboxylic acids is 2. The van der Waals surface area contributed by atoms with Crippen molar-refractivity contribution >= 4 is 29.3 Å². The molecule has 0 saturated carbocycles. The van der Waals surface area contributed by atoms with Gasteiger partial charge in [-0.1, -0.05) is 17.8 Å². The first kappa shape index (κ1) is 23.2. The summed E-state index contributed by atoms with van der Waals surface area (Å²) in [4.78, 5) is 29.1. The highest BCUT2D eigenvalue weighted by atomic mass is 32.2. The summed E-state index contributed by atoms with van der Waals surface area (Å²) in [5.74, 6) is -0.911. The fourth-order valence-electron chi connectivity index (χ4n) is 3.15. The SMILES string of the molecule is Cc1ccc(CNC(=O)c2cccc(-n3ccnc3SCC(=O)Nc3ccc(F)cc3F)c2)o1. The maximum atomic E-state index is 13.7. The van der Waals surface area contributed by atoms with E-state index in [1.807, 2.05) is 25.1 Å². The molecular formula is C24H20F2N4O3S. The number of thioether (sulfide) groups is 1. The molecule has 0 atom stereocenters. The number of rotatable bonds is 8.